The molecule has 0 aliphatic heterocycles. The van der Waals surface area contributed by atoms with Crippen molar-refractivity contribution >= 4 is 5.97 Å². The van der Waals surface area contributed by atoms with Gasteiger partial charge in [0.25, 0.3) is 0 Å². The molecule has 8 heteroatoms. The Hall–Kier alpha value is -2.17. The molecule has 0 unspecified atom stereocenters. The maximum atomic E-state index is 12.8. The Morgan fingerprint density at radius 2 is 1.48 bits per heavy atom. The summed E-state index contributed by atoms with van der Waals surface area (Å²) in [5, 5.41) is 0. The molecule has 2 nitrogen and oxygen atoms in total. The van der Waals surface area contributed by atoms with Gasteiger partial charge in [-0.25, -0.2) is 0 Å². The number of hydrogen-bond acceptors (Lipinski definition) is 2. The zero-order valence-corrected chi connectivity index (χ0v) is 10.5. The Bertz CT molecular complexity index is 548. The van der Waals surface area contributed by atoms with E-state index in [9.17, 15) is 31.1 Å². The number of benzene rings is 1. The summed E-state index contributed by atoms with van der Waals surface area (Å²) >= 11 is 0. The zero-order chi connectivity index (χ0) is 16.3. The van der Waals surface area contributed by atoms with Crippen LogP contribution in [0.2, 0.25) is 0 Å². The third-order valence-electron chi connectivity index (χ3n) is 2.25. The van der Waals surface area contributed by atoms with Crippen molar-refractivity contribution in [3.63, 3.8) is 0 Å². The SMILES string of the molecule is CC(=O)OC(C#Cc1ccccc1)(C(F)(F)F)C(F)(F)F. The molecular weight excluding hydrogens is 302 g/mol. The molecule has 1 rings (SSSR count). The molecule has 1 aromatic carbocycles. The standard InChI is InChI=1S/C13H8F6O2/c1-9(20)21-11(12(14,15)16,13(17,18)19)8-7-10-5-3-2-4-6-10/h2-6H,1H3. The van der Waals surface area contributed by atoms with Crippen molar-refractivity contribution in [1.82, 2.24) is 0 Å². The van der Waals surface area contributed by atoms with E-state index in [4.69, 9.17) is 0 Å². The van der Waals surface area contributed by atoms with Gasteiger partial charge in [0, 0.05) is 12.5 Å². The van der Waals surface area contributed by atoms with E-state index >= 15 is 0 Å². The van der Waals surface area contributed by atoms with Crippen LogP contribution in [0.15, 0.2) is 30.3 Å². The first kappa shape index (κ1) is 16.9. The van der Waals surface area contributed by atoms with Gasteiger partial charge in [0.1, 0.15) is 0 Å². The molecule has 0 heterocycles. The Morgan fingerprint density at radius 3 is 1.86 bits per heavy atom. The van der Waals surface area contributed by atoms with Crippen molar-refractivity contribution in [3.8, 4) is 11.8 Å². The van der Waals surface area contributed by atoms with Crippen LogP contribution in [0.4, 0.5) is 26.3 Å². The lowest BCUT2D eigenvalue weighted by Crippen LogP contribution is -2.58. The fraction of sp³-hybridized carbons (Fsp3) is 0.308. The molecule has 0 N–H and O–H groups in total. The van der Waals surface area contributed by atoms with Crippen LogP contribution in [0.1, 0.15) is 12.5 Å². The molecule has 0 aromatic heterocycles. The highest BCUT2D eigenvalue weighted by molar-refractivity contribution is 5.67. The number of halogens is 6. The lowest BCUT2D eigenvalue weighted by Gasteiger charge is -2.31. The second kappa shape index (κ2) is 5.68. The van der Waals surface area contributed by atoms with Crippen LogP contribution in [0, 0.1) is 11.8 Å². The van der Waals surface area contributed by atoms with Crippen LogP contribution >= 0.6 is 0 Å². The molecule has 114 valence electrons. The molecule has 0 aliphatic rings. The average Bonchev–Trinajstić information content (AvgIpc) is 2.32. The number of carbonyl (C=O) groups is 1. The van der Waals surface area contributed by atoms with Crippen molar-refractivity contribution in [2.45, 2.75) is 24.9 Å². The van der Waals surface area contributed by atoms with Crippen LogP contribution in [-0.4, -0.2) is 23.9 Å². The highest BCUT2D eigenvalue weighted by atomic mass is 19.4. The maximum Gasteiger partial charge on any atom is 0.450 e. The second-order valence-corrected chi connectivity index (χ2v) is 3.89. The third kappa shape index (κ3) is 3.68. The molecule has 0 bridgehead atoms. The number of rotatable bonds is 1. The Labute approximate surface area is 115 Å². The highest BCUT2D eigenvalue weighted by Crippen LogP contribution is 2.45. The molecule has 0 spiro atoms. The number of hydrogen-bond donors (Lipinski definition) is 0. The fourth-order valence-electron chi connectivity index (χ4n) is 1.34. The van der Waals surface area contributed by atoms with Gasteiger partial charge >= 0.3 is 23.9 Å². The van der Waals surface area contributed by atoms with E-state index in [-0.39, 0.29) is 5.56 Å². The van der Waals surface area contributed by atoms with Gasteiger partial charge in [0.15, 0.2) is 0 Å². The Kier molecular flexibility index (Phi) is 4.56. The molecule has 0 aliphatic carbocycles. The monoisotopic (exact) mass is 310 g/mol. The number of alkyl halides is 6. The molecule has 0 radical (unpaired) electrons. The van der Waals surface area contributed by atoms with Gasteiger partial charge in [-0.1, -0.05) is 24.1 Å². The Balaban J connectivity index is 3.44. The minimum atomic E-state index is -5.93. The van der Waals surface area contributed by atoms with E-state index in [1.807, 2.05) is 0 Å². The highest BCUT2D eigenvalue weighted by Gasteiger charge is 2.74. The van der Waals surface area contributed by atoms with Gasteiger partial charge in [-0.05, 0) is 18.1 Å². The first-order valence-corrected chi connectivity index (χ1v) is 5.41. The van der Waals surface area contributed by atoms with Crippen LogP contribution in [0.5, 0.6) is 0 Å². The molecule has 0 fully saturated rings. The largest absolute Gasteiger partial charge is 0.450 e. The smallest absolute Gasteiger partial charge is 0.427 e. The normalized spacial score (nSPS) is 12.3. The second-order valence-electron chi connectivity index (χ2n) is 3.89. The van der Waals surface area contributed by atoms with Crippen LogP contribution in [-0.2, 0) is 9.53 Å². The summed E-state index contributed by atoms with van der Waals surface area (Å²) in [6, 6.07) is 6.73. The van der Waals surface area contributed by atoms with E-state index in [1.54, 1.807) is 5.92 Å². The van der Waals surface area contributed by atoms with E-state index in [1.165, 1.54) is 30.3 Å². The van der Waals surface area contributed by atoms with Gasteiger partial charge in [0.2, 0.25) is 0 Å². The van der Waals surface area contributed by atoms with E-state index < -0.39 is 23.9 Å². The van der Waals surface area contributed by atoms with Crippen molar-refractivity contribution in [1.29, 1.82) is 0 Å². The lowest BCUT2D eigenvalue weighted by molar-refractivity contribution is -0.345. The summed E-state index contributed by atoms with van der Waals surface area (Å²) in [7, 11) is 0. The van der Waals surface area contributed by atoms with Gasteiger partial charge in [-0.3, -0.25) is 4.79 Å². The van der Waals surface area contributed by atoms with Crippen molar-refractivity contribution in [2.75, 3.05) is 0 Å². The Morgan fingerprint density at radius 1 is 1.00 bits per heavy atom. The van der Waals surface area contributed by atoms with E-state index in [0.717, 1.165) is 5.92 Å². The summed E-state index contributed by atoms with van der Waals surface area (Å²) in [4.78, 5) is 10.7. The number of carbonyl (C=O) groups excluding carboxylic acids is 1. The molecule has 0 atom stereocenters. The first-order valence-electron chi connectivity index (χ1n) is 5.41. The zero-order valence-electron chi connectivity index (χ0n) is 10.5. The van der Waals surface area contributed by atoms with Gasteiger partial charge in [0.05, 0.1) is 0 Å². The third-order valence-corrected chi connectivity index (χ3v) is 2.25. The fourth-order valence-corrected chi connectivity index (χ4v) is 1.34. The predicted octanol–water partition coefficient (Wildman–Crippen LogP) is 3.46. The topological polar surface area (TPSA) is 26.3 Å². The minimum Gasteiger partial charge on any atom is -0.427 e. The summed E-state index contributed by atoms with van der Waals surface area (Å²) in [6.07, 6.45) is -11.9. The van der Waals surface area contributed by atoms with Gasteiger partial charge in [-0.15, -0.1) is 0 Å². The average molecular weight is 310 g/mol. The first-order chi connectivity index (χ1) is 9.49. The van der Waals surface area contributed by atoms with Crippen LogP contribution in [0.3, 0.4) is 0 Å². The lowest BCUT2D eigenvalue weighted by atomic mass is 10.0. The van der Waals surface area contributed by atoms with Crippen molar-refractivity contribution < 1.29 is 35.9 Å². The summed E-state index contributed by atoms with van der Waals surface area (Å²) < 4.78 is 80.5. The molecule has 0 amide bonds. The van der Waals surface area contributed by atoms with Crippen LogP contribution < -0.4 is 0 Å². The summed E-state index contributed by atoms with van der Waals surface area (Å²) in [5.74, 6) is 1.01. The quantitative estimate of drug-likeness (QED) is 0.451. The summed E-state index contributed by atoms with van der Waals surface area (Å²) in [5.41, 5.74) is -4.94. The summed E-state index contributed by atoms with van der Waals surface area (Å²) in [6.45, 7) is 0.441. The number of ether oxygens (including phenoxy) is 1. The maximum absolute atomic E-state index is 12.8. The van der Waals surface area contributed by atoms with E-state index in [2.05, 4.69) is 4.74 Å². The van der Waals surface area contributed by atoms with Crippen molar-refractivity contribution in [2.24, 2.45) is 0 Å². The molecular formula is C13H8F6O2. The van der Waals surface area contributed by atoms with E-state index in [0.29, 0.717) is 6.92 Å². The molecule has 0 saturated carbocycles. The van der Waals surface area contributed by atoms with Gasteiger partial charge in [-0.2, -0.15) is 26.3 Å². The molecule has 21 heavy (non-hydrogen) atoms. The molecule has 1 aromatic rings. The molecule has 0 saturated heterocycles. The van der Waals surface area contributed by atoms with Crippen LogP contribution in [0.25, 0.3) is 0 Å². The number of esters is 1. The van der Waals surface area contributed by atoms with Gasteiger partial charge < -0.3 is 4.74 Å². The predicted molar refractivity (Wildman–Crippen MR) is 59.9 cm³/mol. The minimum absolute atomic E-state index is 0.0810. The van der Waals surface area contributed by atoms with Crippen molar-refractivity contribution in [3.05, 3.63) is 35.9 Å².